The predicted molar refractivity (Wildman–Crippen MR) is 213 cm³/mol. The van der Waals surface area contributed by atoms with Gasteiger partial charge in [0, 0.05) is 5.75 Å². The molecule has 30 nitrogen and oxygen atoms in total. The van der Waals surface area contributed by atoms with Crippen LogP contribution < -0.4 is 0 Å². The summed E-state index contributed by atoms with van der Waals surface area (Å²) in [6.45, 7) is -4.26. The van der Waals surface area contributed by atoms with Gasteiger partial charge in [0.15, 0.2) is 44.0 Å². The fraction of sp³-hybridized carbons (Fsp3) is 1.00. The lowest BCUT2D eigenvalue weighted by molar-refractivity contribution is -0.377. The minimum absolute atomic E-state index is 0.275. The Balaban J connectivity index is 0.948. The lowest BCUT2D eigenvalue weighted by Crippen LogP contribution is -2.65. The average Bonchev–Trinajstić information content (AvgIpc) is 4.05. The first-order valence-corrected chi connectivity index (χ1v) is 23.5. The quantitative estimate of drug-likeness (QED) is 0.0538. The minimum atomic E-state index is -2.02. The molecule has 17 N–H and O–H groups in total. The average molecular weight is 1030 g/mol. The van der Waals surface area contributed by atoms with E-state index in [-0.39, 0.29) is 5.75 Å². The fourth-order valence-electron chi connectivity index (χ4n) is 8.78. The van der Waals surface area contributed by atoms with Crippen LogP contribution in [0.5, 0.6) is 0 Å². The summed E-state index contributed by atoms with van der Waals surface area (Å²) in [5.74, 6) is 0.275. The molecule has 0 aliphatic carbocycles. The van der Waals surface area contributed by atoms with E-state index in [0.717, 1.165) is 0 Å². The Kier molecular flexibility index (Phi) is 19.6. The number of aliphatic hydroxyl groups excluding tert-OH is 17. The molecule has 0 unspecified atom stereocenters. The molecule has 7 heterocycles. The number of hydrogen-bond acceptors (Lipinski definition) is 31. The molecular weight excluding hydrogens is 968 g/mol. The number of hydrogen-bond donors (Lipinski definition) is 17. The summed E-state index contributed by atoms with van der Waals surface area (Å²) in [5, 5.41) is 178. The summed E-state index contributed by atoms with van der Waals surface area (Å²) in [5.41, 5.74) is 0. The molecule has 31 heteroatoms. The molecule has 0 spiro atoms. The van der Waals surface area contributed by atoms with Crippen LogP contribution in [-0.4, -0.2) is 323 Å². The molecule has 402 valence electrons. The Hall–Kier alpha value is -0.850. The highest BCUT2D eigenvalue weighted by atomic mass is 32.2. The second-order valence-corrected chi connectivity index (χ2v) is 18.4. The molecule has 0 aromatic heterocycles. The minimum Gasteiger partial charge on any atom is -0.394 e. The molecule has 7 aliphatic rings. The summed E-state index contributed by atoms with van der Waals surface area (Å²) in [4.78, 5) is 0. The Morgan fingerprint density at radius 3 is 1.14 bits per heavy atom. The number of aliphatic hydroxyl groups is 17. The van der Waals surface area contributed by atoms with Crippen LogP contribution in [0, 0.1) is 0 Å². The van der Waals surface area contributed by atoms with Crippen LogP contribution in [0.1, 0.15) is 0 Å². The second-order valence-electron chi connectivity index (χ2n) is 17.5. The van der Waals surface area contributed by atoms with Crippen molar-refractivity contribution in [3.8, 4) is 0 Å². The van der Waals surface area contributed by atoms with E-state index in [1.807, 2.05) is 0 Å². The Labute approximate surface area is 395 Å². The zero-order chi connectivity index (χ0) is 50.2. The number of ether oxygens (including phenoxy) is 13. The first-order chi connectivity index (χ1) is 32.8. The largest absolute Gasteiger partial charge is 0.394 e. The van der Waals surface area contributed by atoms with Gasteiger partial charge in [-0.25, -0.2) is 0 Å². The van der Waals surface area contributed by atoms with Gasteiger partial charge in [0.2, 0.25) is 0 Å². The van der Waals surface area contributed by atoms with E-state index in [9.17, 15) is 86.8 Å². The van der Waals surface area contributed by atoms with E-state index < -0.39 is 224 Å². The van der Waals surface area contributed by atoms with Gasteiger partial charge in [-0.2, -0.15) is 11.8 Å². The van der Waals surface area contributed by atoms with Gasteiger partial charge in [-0.1, -0.05) is 0 Å². The van der Waals surface area contributed by atoms with E-state index in [0.29, 0.717) is 0 Å². The first kappa shape index (κ1) is 55.9. The van der Waals surface area contributed by atoms with Gasteiger partial charge in [0.25, 0.3) is 0 Å². The van der Waals surface area contributed by atoms with Crippen LogP contribution >= 0.6 is 11.8 Å². The SMILES string of the molecule is CSC[C@H]1O[C@H](O[C@H]2[C@H](O)[C@H](O)[C@@H](O[C@@H]3[C@@H](OC[C@H]4O[C@@H](O[C@@H]5[C@@H](OC[C@H]6O[C@H](OC[C@H]7O[C@H](O)[C@@H](O)[C@@H]7O)[C@@H](O)[C@@H]6O)O[C@H](CO)[C@H]5O)[C@@H](O)[C@@H]4O)O[C@H](CO)[C@@H](O)[C@@H]3O)O[C@@H]2CO)[C@H](O)[C@H]1O. The van der Waals surface area contributed by atoms with Gasteiger partial charge >= 0.3 is 0 Å². The third-order valence-electron chi connectivity index (χ3n) is 12.9. The van der Waals surface area contributed by atoms with E-state index in [1.165, 1.54) is 11.8 Å². The lowest BCUT2D eigenvalue weighted by Gasteiger charge is -2.47. The molecule has 30 atom stereocenters. The van der Waals surface area contributed by atoms with Crippen LogP contribution in [0.4, 0.5) is 0 Å². The van der Waals surface area contributed by atoms with Crippen LogP contribution in [0.2, 0.25) is 0 Å². The topological polar surface area (TPSA) is 464 Å². The molecule has 7 saturated heterocycles. The van der Waals surface area contributed by atoms with Crippen molar-refractivity contribution in [1.82, 2.24) is 0 Å². The normalized spacial score (nSPS) is 52.6. The molecule has 0 saturated carbocycles. The zero-order valence-electron chi connectivity index (χ0n) is 36.6. The van der Waals surface area contributed by atoms with Crippen molar-refractivity contribution < 1.29 is 148 Å². The van der Waals surface area contributed by atoms with Crippen LogP contribution in [0.3, 0.4) is 0 Å². The molecule has 7 fully saturated rings. The Morgan fingerprint density at radius 2 is 0.652 bits per heavy atom. The van der Waals surface area contributed by atoms with Gasteiger partial charge < -0.3 is 148 Å². The van der Waals surface area contributed by atoms with Crippen molar-refractivity contribution in [2.24, 2.45) is 0 Å². The summed E-state index contributed by atoms with van der Waals surface area (Å²) < 4.78 is 72.9. The van der Waals surface area contributed by atoms with Crippen LogP contribution in [0.15, 0.2) is 0 Å². The van der Waals surface area contributed by atoms with Gasteiger partial charge in [-0.05, 0) is 6.26 Å². The van der Waals surface area contributed by atoms with Crippen molar-refractivity contribution in [3.63, 3.8) is 0 Å². The molecule has 69 heavy (non-hydrogen) atoms. The molecule has 7 rings (SSSR count). The second kappa shape index (κ2) is 24.2. The molecule has 0 aromatic rings. The monoisotopic (exact) mass is 1030 g/mol. The zero-order valence-corrected chi connectivity index (χ0v) is 37.4. The maximum Gasteiger partial charge on any atom is 0.187 e. The van der Waals surface area contributed by atoms with E-state index >= 15 is 0 Å². The molecule has 7 aliphatic heterocycles. The van der Waals surface area contributed by atoms with E-state index in [4.69, 9.17) is 61.6 Å². The summed E-state index contributed by atoms with van der Waals surface area (Å²) in [6, 6.07) is 0. The summed E-state index contributed by atoms with van der Waals surface area (Å²) in [7, 11) is 0. The number of thioether (sulfide) groups is 1. The van der Waals surface area contributed by atoms with Crippen molar-refractivity contribution in [3.05, 3.63) is 0 Å². The maximum absolute atomic E-state index is 11.1. The predicted octanol–water partition coefficient (Wildman–Crippen LogP) is -11.7. The third-order valence-corrected chi connectivity index (χ3v) is 13.6. The van der Waals surface area contributed by atoms with Crippen molar-refractivity contribution in [2.75, 3.05) is 51.6 Å². The van der Waals surface area contributed by atoms with Gasteiger partial charge in [0.05, 0.1) is 45.7 Å². The summed E-state index contributed by atoms with van der Waals surface area (Å²) >= 11 is 1.32. The van der Waals surface area contributed by atoms with Crippen LogP contribution in [-0.2, 0) is 61.6 Å². The smallest absolute Gasteiger partial charge is 0.187 e. The molecule has 0 bridgehead atoms. The maximum atomic E-state index is 11.1. The highest BCUT2D eigenvalue weighted by molar-refractivity contribution is 7.98. The molecular formula is C38H64O30S. The number of rotatable bonds is 20. The highest BCUT2D eigenvalue weighted by Gasteiger charge is 2.56. The lowest BCUT2D eigenvalue weighted by atomic mass is 9.97. The molecule has 0 aromatic carbocycles. The van der Waals surface area contributed by atoms with Crippen molar-refractivity contribution in [2.45, 2.75) is 184 Å². The molecule has 0 amide bonds. The van der Waals surface area contributed by atoms with Gasteiger partial charge in [-0.15, -0.1) is 0 Å². The Bertz CT molecular complexity index is 1580. The third kappa shape index (κ3) is 11.8. The van der Waals surface area contributed by atoms with E-state index in [1.54, 1.807) is 6.26 Å². The fourth-order valence-corrected chi connectivity index (χ4v) is 9.39. The van der Waals surface area contributed by atoms with Crippen LogP contribution in [0.25, 0.3) is 0 Å². The Morgan fingerprint density at radius 1 is 0.319 bits per heavy atom. The standard InChI is InChI=1S/C38H64O30S/c1-69-8-15-20(46)27(53)35(65-15)66-29-11(4-41)62-36(28(54)23(29)49)68-31-22(48)16(42)9(2-39)60-38(31)58-7-14-19(45)26(52)34(64-14)67-30-21(47)10(3-40)61-37(30)57-6-13-18(44)25(51)33(63-13)56-5-12-17(43)24(50)32(55)59-12/h9-55H,2-8H2,1H3/t9-,10-,11-,12-,13-,14-,15-,16-,17-,18-,19-,20+,21-,22+,23-,24+,25+,26+,27-,28+,29-,30+,31+,32+,33+,34+,35-,36-,37+,38+/m1/s1. The first-order valence-electron chi connectivity index (χ1n) is 22.1. The van der Waals surface area contributed by atoms with Crippen molar-refractivity contribution >= 4 is 11.8 Å². The highest BCUT2D eigenvalue weighted by Crippen LogP contribution is 2.36. The van der Waals surface area contributed by atoms with E-state index in [2.05, 4.69) is 0 Å². The van der Waals surface area contributed by atoms with Gasteiger partial charge in [-0.3, -0.25) is 0 Å². The molecule has 0 radical (unpaired) electrons. The van der Waals surface area contributed by atoms with Gasteiger partial charge in [0.1, 0.15) is 134 Å². The van der Waals surface area contributed by atoms with Crippen molar-refractivity contribution in [1.29, 1.82) is 0 Å². The summed E-state index contributed by atoms with van der Waals surface area (Å²) in [6.07, 6.45) is -46.7.